The quantitative estimate of drug-likeness (QED) is 0.283. The summed E-state index contributed by atoms with van der Waals surface area (Å²) >= 11 is 1.32. The number of rotatable bonds is 10. The minimum absolute atomic E-state index is 0.0180. The number of anilines is 1. The van der Waals surface area contributed by atoms with Gasteiger partial charge in [0, 0.05) is 17.9 Å². The second-order valence-corrected chi connectivity index (χ2v) is 10.1. The molecule has 0 spiro atoms. The summed E-state index contributed by atoms with van der Waals surface area (Å²) in [6, 6.07) is 22.7. The lowest BCUT2D eigenvalue weighted by Gasteiger charge is -2.29. The minimum atomic E-state index is -0.285. The fourth-order valence-electron chi connectivity index (χ4n) is 4.71. The maximum atomic E-state index is 13.3. The van der Waals surface area contributed by atoms with Crippen LogP contribution in [-0.4, -0.2) is 52.6 Å². The number of nitrogens with zero attached hydrogens (tertiary/aromatic N) is 4. The zero-order valence-electron chi connectivity index (χ0n) is 22.5. The number of nitrogens with one attached hydrogen (secondary N) is 1. The Labute approximate surface area is 237 Å². The van der Waals surface area contributed by atoms with Gasteiger partial charge in [0.05, 0.1) is 31.6 Å². The van der Waals surface area contributed by atoms with E-state index in [9.17, 15) is 9.59 Å². The summed E-state index contributed by atoms with van der Waals surface area (Å²) in [6.45, 7) is 3.32. The molecule has 0 fully saturated rings. The van der Waals surface area contributed by atoms with Crippen LogP contribution in [-0.2, 0) is 17.8 Å². The molecule has 1 aliphatic rings. The molecule has 206 valence electrons. The number of aromatic nitrogens is 3. The fourth-order valence-corrected chi connectivity index (χ4v) is 5.56. The normalized spacial score (nSPS) is 12.5. The number of fused-ring (bicyclic) bond motifs is 1. The smallest absolute Gasteiger partial charge is 0.255 e. The van der Waals surface area contributed by atoms with Crippen LogP contribution in [0, 0.1) is 0 Å². The number of para-hydroxylation sites is 2. The van der Waals surface area contributed by atoms with E-state index < -0.39 is 0 Å². The Kier molecular flexibility index (Phi) is 8.65. The van der Waals surface area contributed by atoms with E-state index in [1.807, 2.05) is 64.9 Å². The summed E-state index contributed by atoms with van der Waals surface area (Å²) in [5.41, 5.74) is 3.40. The first-order chi connectivity index (χ1) is 19.6. The highest BCUT2D eigenvalue weighted by Crippen LogP contribution is 2.29. The summed E-state index contributed by atoms with van der Waals surface area (Å²) in [7, 11) is 1.53. The molecule has 3 aromatic carbocycles. The van der Waals surface area contributed by atoms with Gasteiger partial charge in [0.15, 0.2) is 11.0 Å². The van der Waals surface area contributed by atoms with Gasteiger partial charge >= 0.3 is 0 Å². The summed E-state index contributed by atoms with van der Waals surface area (Å²) < 4.78 is 12.8. The minimum Gasteiger partial charge on any atom is -0.496 e. The molecule has 0 unspecified atom stereocenters. The first-order valence-corrected chi connectivity index (χ1v) is 14.2. The first kappa shape index (κ1) is 27.3. The van der Waals surface area contributed by atoms with E-state index in [-0.39, 0.29) is 24.1 Å². The van der Waals surface area contributed by atoms with Crippen LogP contribution in [0.15, 0.2) is 78.0 Å². The number of carbonyl (C=O) groups excluding carboxylic acids is 2. The van der Waals surface area contributed by atoms with Crippen LogP contribution in [0.25, 0.3) is 5.69 Å². The number of ether oxygens (including phenoxy) is 2. The molecule has 0 aliphatic carbocycles. The molecule has 0 bridgehead atoms. The molecule has 0 saturated carbocycles. The van der Waals surface area contributed by atoms with Gasteiger partial charge in [-0.05, 0) is 67.8 Å². The molecule has 5 rings (SSSR count). The zero-order chi connectivity index (χ0) is 27.9. The standard InChI is InChI=1S/C30H31N5O4S/c1-3-39-23-16-14-22(15-17-23)35-27(19-31-29(37)24-11-5-7-13-26(24)38-2)32-33-30(35)40-20-28(36)34-18-8-10-21-9-4-6-12-25(21)34/h4-7,9,11-17H,3,8,10,18-20H2,1-2H3,(H,31,37). The summed E-state index contributed by atoms with van der Waals surface area (Å²) in [5, 5.41) is 12.3. The Hall–Kier alpha value is -4.31. The summed E-state index contributed by atoms with van der Waals surface area (Å²) in [4.78, 5) is 28.1. The predicted octanol–water partition coefficient (Wildman–Crippen LogP) is 4.68. The van der Waals surface area contributed by atoms with E-state index in [1.54, 1.807) is 18.2 Å². The van der Waals surface area contributed by atoms with Crippen LogP contribution >= 0.6 is 11.8 Å². The van der Waals surface area contributed by atoms with E-state index in [0.29, 0.717) is 35.4 Å². The Morgan fingerprint density at radius 3 is 2.58 bits per heavy atom. The topological polar surface area (TPSA) is 98.6 Å². The number of benzene rings is 3. The highest BCUT2D eigenvalue weighted by Gasteiger charge is 2.24. The van der Waals surface area contributed by atoms with Gasteiger partial charge in [-0.25, -0.2) is 0 Å². The van der Waals surface area contributed by atoms with Crippen LogP contribution in [0.5, 0.6) is 11.5 Å². The average Bonchev–Trinajstić information content (AvgIpc) is 3.41. The molecule has 1 aliphatic heterocycles. The van der Waals surface area contributed by atoms with Crippen molar-refractivity contribution in [2.45, 2.75) is 31.5 Å². The van der Waals surface area contributed by atoms with Crippen molar-refractivity contribution < 1.29 is 19.1 Å². The van der Waals surface area contributed by atoms with E-state index in [0.717, 1.165) is 30.0 Å². The molecule has 4 aromatic rings. The van der Waals surface area contributed by atoms with Crippen molar-refractivity contribution in [3.05, 3.63) is 89.7 Å². The highest BCUT2D eigenvalue weighted by atomic mass is 32.2. The van der Waals surface area contributed by atoms with Crippen molar-refractivity contribution in [2.75, 3.05) is 30.9 Å². The third kappa shape index (κ3) is 5.96. The summed E-state index contributed by atoms with van der Waals surface area (Å²) in [5.74, 6) is 1.71. The molecule has 0 radical (unpaired) electrons. The lowest BCUT2D eigenvalue weighted by atomic mass is 10.0. The van der Waals surface area contributed by atoms with Crippen LogP contribution < -0.4 is 19.7 Å². The molecule has 0 atom stereocenters. The van der Waals surface area contributed by atoms with Gasteiger partial charge in [-0.15, -0.1) is 10.2 Å². The van der Waals surface area contributed by atoms with Crippen molar-refractivity contribution in [3.63, 3.8) is 0 Å². The molecule has 2 heterocycles. The van der Waals surface area contributed by atoms with Crippen LogP contribution in [0.3, 0.4) is 0 Å². The Morgan fingerprint density at radius 1 is 1.00 bits per heavy atom. The Bertz CT molecular complexity index is 1490. The number of hydrogen-bond acceptors (Lipinski definition) is 7. The maximum Gasteiger partial charge on any atom is 0.255 e. The van der Waals surface area contributed by atoms with Crippen LogP contribution in [0.1, 0.15) is 35.1 Å². The lowest BCUT2D eigenvalue weighted by Crippen LogP contribution is -2.36. The summed E-state index contributed by atoms with van der Waals surface area (Å²) in [6.07, 6.45) is 1.91. The third-order valence-corrected chi connectivity index (χ3v) is 7.51. The van der Waals surface area contributed by atoms with Crippen molar-refractivity contribution in [1.29, 1.82) is 0 Å². The van der Waals surface area contributed by atoms with E-state index in [1.165, 1.54) is 24.4 Å². The Morgan fingerprint density at radius 2 is 1.77 bits per heavy atom. The number of thioether (sulfide) groups is 1. The number of hydrogen-bond donors (Lipinski definition) is 1. The number of amides is 2. The maximum absolute atomic E-state index is 13.3. The van der Waals surface area contributed by atoms with Gasteiger partial charge in [0.2, 0.25) is 5.91 Å². The Balaban J connectivity index is 1.37. The van der Waals surface area contributed by atoms with E-state index in [2.05, 4.69) is 21.6 Å². The van der Waals surface area contributed by atoms with E-state index >= 15 is 0 Å². The zero-order valence-corrected chi connectivity index (χ0v) is 23.3. The largest absolute Gasteiger partial charge is 0.496 e. The van der Waals surface area contributed by atoms with Crippen LogP contribution in [0.2, 0.25) is 0 Å². The monoisotopic (exact) mass is 557 g/mol. The van der Waals surface area contributed by atoms with Gasteiger partial charge in [-0.2, -0.15) is 0 Å². The van der Waals surface area contributed by atoms with Crippen molar-refractivity contribution in [1.82, 2.24) is 20.1 Å². The molecule has 9 nitrogen and oxygen atoms in total. The molecule has 0 saturated heterocycles. The van der Waals surface area contributed by atoms with E-state index in [4.69, 9.17) is 9.47 Å². The number of methoxy groups -OCH3 is 1. The molecule has 1 N–H and O–H groups in total. The van der Waals surface area contributed by atoms with Crippen molar-refractivity contribution in [3.8, 4) is 17.2 Å². The predicted molar refractivity (Wildman–Crippen MR) is 155 cm³/mol. The molecule has 10 heteroatoms. The van der Waals surface area contributed by atoms with Crippen LogP contribution in [0.4, 0.5) is 5.69 Å². The van der Waals surface area contributed by atoms with Gasteiger partial charge in [0.25, 0.3) is 5.91 Å². The molecule has 1 aromatic heterocycles. The second-order valence-electron chi connectivity index (χ2n) is 9.11. The van der Waals surface area contributed by atoms with Gasteiger partial charge in [-0.3, -0.25) is 14.2 Å². The second kappa shape index (κ2) is 12.7. The SMILES string of the molecule is CCOc1ccc(-n2c(CNC(=O)c3ccccc3OC)nnc2SCC(=O)N2CCCc3ccccc32)cc1. The van der Waals surface area contributed by atoms with Crippen molar-refractivity contribution in [2.24, 2.45) is 0 Å². The highest BCUT2D eigenvalue weighted by molar-refractivity contribution is 7.99. The first-order valence-electron chi connectivity index (χ1n) is 13.2. The number of aryl methyl sites for hydroxylation is 1. The van der Waals surface area contributed by atoms with Gasteiger partial charge in [-0.1, -0.05) is 42.1 Å². The fraction of sp³-hybridized carbons (Fsp3) is 0.267. The molecule has 2 amide bonds. The van der Waals surface area contributed by atoms with Gasteiger partial charge < -0.3 is 19.7 Å². The molecular formula is C30H31N5O4S. The molecule has 40 heavy (non-hydrogen) atoms. The van der Waals surface area contributed by atoms with Gasteiger partial charge in [0.1, 0.15) is 11.5 Å². The molecular weight excluding hydrogens is 526 g/mol. The van der Waals surface area contributed by atoms with Crippen molar-refractivity contribution >= 4 is 29.3 Å². The average molecular weight is 558 g/mol. The third-order valence-electron chi connectivity index (χ3n) is 6.60. The number of carbonyl (C=O) groups is 2. The lowest BCUT2D eigenvalue weighted by molar-refractivity contribution is -0.116.